The number of rotatable bonds is 6. The summed E-state index contributed by atoms with van der Waals surface area (Å²) in [4.78, 5) is 0. The Morgan fingerprint density at radius 3 is 2.79 bits per heavy atom. The van der Waals surface area contributed by atoms with Crippen molar-refractivity contribution in [3.8, 4) is 0 Å². The number of aliphatic hydroxyl groups excluding tert-OH is 1. The van der Waals surface area contributed by atoms with E-state index in [1.807, 2.05) is 18.0 Å². The Balaban J connectivity index is 1.93. The predicted octanol–water partition coefficient (Wildman–Crippen LogP) is 2.63. The average molecular weight is 320 g/mol. The molecule has 1 heterocycles. The van der Waals surface area contributed by atoms with E-state index in [4.69, 9.17) is 0 Å². The molecule has 2 unspecified atom stereocenters. The van der Waals surface area contributed by atoms with Crippen LogP contribution in [0.15, 0.2) is 8.68 Å². The van der Waals surface area contributed by atoms with Gasteiger partial charge in [0.2, 0.25) is 0 Å². The van der Waals surface area contributed by atoms with Crippen LogP contribution in [-0.2, 0) is 0 Å². The van der Waals surface area contributed by atoms with E-state index in [9.17, 15) is 5.11 Å². The summed E-state index contributed by atoms with van der Waals surface area (Å²) in [5.41, 5.74) is -0.0984. The van der Waals surface area contributed by atoms with Gasteiger partial charge in [-0.3, -0.25) is 0 Å². The maximum absolute atomic E-state index is 9.69. The summed E-state index contributed by atoms with van der Waals surface area (Å²) in [5.74, 6) is 0. The van der Waals surface area contributed by atoms with Crippen molar-refractivity contribution in [3.05, 3.63) is 0 Å². The summed E-state index contributed by atoms with van der Waals surface area (Å²) in [7, 11) is 0. The molecule has 19 heavy (non-hydrogen) atoms. The first-order chi connectivity index (χ1) is 9.07. The van der Waals surface area contributed by atoms with Crippen molar-refractivity contribution < 1.29 is 5.11 Å². The van der Waals surface area contributed by atoms with Gasteiger partial charge in [0, 0.05) is 16.8 Å². The molecule has 0 aromatic carbocycles. The molecule has 1 aliphatic carbocycles. The zero-order valence-electron chi connectivity index (χ0n) is 11.5. The first-order valence-electron chi connectivity index (χ1n) is 6.49. The highest BCUT2D eigenvalue weighted by atomic mass is 32.2. The number of aliphatic hydroxyl groups is 1. The molecular weight excluding hydrogens is 298 g/mol. The second kappa shape index (κ2) is 6.76. The Morgan fingerprint density at radius 1 is 1.47 bits per heavy atom. The summed E-state index contributed by atoms with van der Waals surface area (Å²) in [5, 5.41) is 22.1. The minimum absolute atomic E-state index is 0.0984. The van der Waals surface area contributed by atoms with Crippen molar-refractivity contribution in [3.63, 3.8) is 0 Å². The number of hydrogen-bond donors (Lipinski definition) is 2. The highest BCUT2D eigenvalue weighted by Gasteiger charge is 2.39. The molecule has 0 saturated heterocycles. The van der Waals surface area contributed by atoms with Gasteiger partial charge in [0.1, 0.15) is 0 Å². The molecule has 1 aromatic heterocycles. The molecule has 2 atom stereocenters. The largest absolute Gasteiger partial charge is 0.394 e. The molecule has 0 spiro atoms. The fourth-order valence-corrected chi connectivity index (χ4v) is 5.59. The lowest BCUT2D eigenvalue weighted by molar-refractivity contribution is 0.156. The molecule has 0 radical (unpaired) electrons. The molecule has 1 aromatic rings. The molecule has 2 N–H and O–H groups in total. The number of aromatic nitrogens is 2. The molecule has 2 rings (SSSR count). The van der Waals surface area contributed by atoms with Crippen LogP contribution in [0.4, 0.5) is 0 Å². The number of thioether (sulfide) groups is 2. The summed E-state index contributed by atoms with van der Waals surface area (Å²) < 4.78 is 2.07. The number of nitrogens with one attached hydrogen (secondary N) is 1. The third kappa shape index (κ3) is 4.07. The second-order valence-electron chi connectivity index (χ2n) is 5.26. The van der Waals surface area contributed by atoms with Gasteiger partial charge in [0.05, 0.1) is 6.61 Å². The first kappa shape index (κ1) is 15.6. The van der Waals surface area contributed by atoms with E-state index >= 15 is 0 Å². The van der Waals surface area contributed by atoms with Crippen LogP contribution >= 0.6 is 34.9 Å². The molecule has 4 nitrogen and oxygen atoms in total. The molecular formula is C12H21N3OS3. The van der Waals surface area contributed by atoms with Gasteiger partial charge in [0.15, 0.2) is 8.68 Å². The second-order valence-corrected chi connectivity index (χ2v) is 8.84. The van der Waals surface area contributed by atoms with E-state index in [1.165, 1.54) is 0 Å². The molecule has 0 aliphatic heterocycles. The maximum Gasteiger partial charge on any atom is 0.175 e. The molecule has 7 heteroatoms. The van der Waals surface area contributed by atoms with Crippen LogP contribution in [0, 0.1) is 0 Å². The van der Waals surface area contributed by atoms with Crippen molar-refractivity contribution in [2.45, 2.75) is 58.6 Å². The van der Waals surface area contributed by atoms with Crippen molar-refractivity contribution in [1.29, 1.82) is 0 Å². The first-order valence-corrected chi connectivity index (χ1v) is 9.42. The lowest BCUT2D eigenvalue weighted by Gasteiger charge is -2.30. The summed E-state index contributed by atoms with van der Waals surface area (Å²) >= 11 is 5.11. The fraction of sp³-hybridized carbons (Fsp3) is 0.833. The topological polar surface area (TPSA) is 58.0 Å². The molecule has 1 aliphatic rings. The Bertz CT molecular complexity index is 413. The van der Waals surface area contributed by atoms with Gasteiger partial charge in [-0.1, -0.05) is 48.7 Å². The Morgan fingerprint density at radius 2 is 2.21 bits per heavy atom. The maximum atomic E-state index is 9.69. The van der Waals surface area contributed by atoms with Crippen LogP contribution < -0.4 is 5.32 Å². The summed E-state index contributed by atoms with van der Waals surface area (Å²) in [6.07, 6.45) is 5.18. The van der Waals surface area contributed by atoms with Crippen molar-refractivity contribution >= 4 is 34.9 Å². The highest BCUT2D eigenvalue weighted by Crippen LogP contribution is 2.41. The molecule has 0 bridgehead atoms. The van der Waals surface area contributed by atoms with Crippen molar-refractivity contribution in [2.75, 3.05) is 12.9 Å². The van der Waals surface area contributed by atoms with E-state index in [2.05, 4.69) is 29.4 Å². The molecule has 1 fully saturated rings. The van der Waals surface area contributed by atoms with E-state index < -0.39 is 0 Å². The van der Waals surface area contributed by atoms with Gasteiger partial charge < -0.3 is 10.4 Å². The SMILES string of the molecule is CSc1nnc(SC2CCC(CO)(NC(C)C)C2)s1. The third-order valence-corrected chi connectivity index (χ3v) is 6.54. The van der Waals surface area contributed by atoms with E-state index in [-0.39, 0.29) is 12.1 Å². The monoisotopic (exact) mass is 319 g/mol. The predicted molar refractivity (Wildman–Crippen MR) is 83.3 cm³/mol. The van der Waals surface area contributed by atoms with E-state index in [1.54, 1.807) is 23.1 Å². The normalized spacial score (nSPS) is 27.3. The molecule has 108 valence electrons. The highest BCUT2D eigenvalue weighted by molar-refractivity contribution is 8.03. The quantitative estimate of drug-likeness (QED) is 0.786. The summed E-state index contributed by atoms with van der Waals surface area (Å²) in [6.45, 7) is 4.48. The van der Waals surface area contributed by atoms with Crippen LogP contribution in [0.2, 0.25) is 0 Å². The number of hydrogen-bond acceptors (Lipinski definition) is 7. The third-order valence-electron chi connectivity index (χ3n) is 3.29. The lowest BCUT2D eigenvalue weighted by Crippen LogP contribution is -2.49. The Labute approximate surface area is 127 Å². The van der Waals surface area contributed by atoms with Crippen molar-refractivity contribution in [2.24, 2.45) is 0 Å². The van der Waals surface area contributed by atoms with E-state index in [0.29, 0.717) is 11.3 Å². The molecule has 1 saturated carbocycles. The standard InChI is InChI=1S/C12H21N3OS3/c1-8(2)13-12(7-16)5-4-9(6-12)18-11-15-14-10(17-3)19-11/h8-9,13,16H,4-7H2,1-3H3. The van der Waals surface area contributed by atoms with Gasteiger partial charge >= 0.3 is 0 Å². The van der Waals surface area contributed by atoms with Crippen LogP contribution in [0.3, 0.4) is 0 Å². The molecule has 0 amide bonds. The minimum Gasteiger partial charge on any atom is -0.394 e. The zero-order valence-corrected chi connectivity index (χ0v) is 14.0. The lowest BCUT2D eigenvalue weighted by atomic mass is 9.98. The van der Waals surface area contributed by atoms with Gasteiger partial charge in [0.25, 0.3) is 0 Å². The summed E-state index contributed by atoms with van der Waals surface area (Å²) in [6, 6.07) is 0.403. The van der Waals surface area contributed by atoms with Crippen LogP contribution in [0.1, 0.15) is 33.1 Å². The minimum atomic E-state index is -0.0984. The van der Waals surface area contributed by atoms with Crippen LogP contribution in [-0.4, -0.2) is 45.0 Å². The fourth-order valence-electron chi connectivity index (χ4n) is 2.58. The van der Waals surface area contributed by atoms with Crippen molar-refractivity contribution in [1.82, 2.24) is 15.5 Å². The van der Waals surface area contributed by atoms with Crippen LogP contribution in [0.25, 0.3) is 0 Å². The smallest absolute Gasteiger partial charge is 0.175 e. The van der Waals surface area contributed by atoms with Gasteiger partial charge in [-0.25, -0.2) is 0 Å². The zero-order chi connectivity index (χ0) is 13.9. The van der Waals surface area contributed by atoms with Gasteiger partial charge in [-0.15, -0.1) is 10.2 Å². The van der Waals surface area contributed by atoms with E-state index in [0.717, 1.165) is 27.9 Å². The number of nitrogens with zero attached hydrogens (tertiary/aromatic N) is 2. The Hall–Kier alpha value is 0.180. The Kier molecular flexibility index (Phi) is 5.54. The average Bonchev–Trinajstić information content (AvgIpc) is 2.97. The van der Waals surface area contributed by atoms with Crippen LogP contribution in [0.5, 0.6) is 0 Å². The van der Waals surface area contributed by atoms with Gasteiger partial charge in [-0.2, -0.15) is 0 Å². The van der Waals surface area contributed by atoms with Gasteiger partial charge in [-0.05, 0) is 25.5 Å².